The van der Waals surface area contributed by atoms with Gasteiger partial charge >= 0.3 is 0 Å². The van der Waals surface area contributed by atoms with Crippen molar-refractivity contribution in [2.75, 3.05) is 21.3 Å². The molecule has 3 rings (SSSR count). The standard InChI is InChI=1S/C18H20O5/c1-20-13-6-4-11-8-14(19)18(23-16(11)10-13)12-5-7-15(21-2)17(9-12)22-3/h4-7,9-10,14,18-19H,8H2,1-3H3/t14-,18-/m1/s1. The molecule has 0 amide bonds. The first-order chi connectivity index (χ1) is 11.2. The number of methoxy groups -OCH3 is 3. The number of aliphatic hydroxyl groups is 1. The third-order valence-electron chi connectivity index (χ3n) is 4.04. The van der Waals surface area contributed by atoms with Gasteiger partial charge in [0.1, 0.15) is 17.6 Å². The minimum absolute atomic E-state index is 0.464. The first-order valence-corrected chi connectivity index (χ1v) is 7.40. The number of benzene rings is 2. The van der Waals surface area contributed by atoms with Crippen molar-refractivity contribution in [3.05, 3.63) is 47.5 Å². The summed E-state index contributed by atoms with van der Waals surface area (Å²) >= 11 is 0. The third-order valence-corrected chi connectivity index (χ3v) is 4.04. The zero-order valence-corrected chi connectivity index (χ0v) is 13.4. The molecule has 1 aliphatic rings. The van der Waals surface area contributed by atoms with E-state index in [9.17, 15) is 5.11 Å². The normalized spacial score (nSPS) is 19.5. The van der Waals surface area contributed by atoms with Gasteiger partial charge in [0.05, 0.1) is 27.4 Å². The molecule has 23 heavy (non-hydrogen) atoms. The molecule has 0 fully saturated rings. The van der Waals surface area contributed by atoms with Crippen LogP contribution >= 0.6 is 0 Å². The molecule has 5 heteroatoms. The van der Waals surface area contributed by atoms with Crippen LogP contribution in [0.3, 0.4) is 0 Å². The lowest BCUT2D eigenvalue weighted by atomic mass is 9.94. The molecule has 1 N–H and O–H groups in total. The number of hydrogen-bond acceptors (Lipinski definition) is 5. The van der Waals surface area contributed by atoms with E-state index in [1.165, 1.54) is 0 Å². The van der Waals surface area contributed by atoms with Crippen LogP contribution in [0, 0.1) is 0 Å². The van der Waals surface area contributed by atoms with Crippen LogP contribution in [-0.4, -0.2) is 32.5 Å². The van der Waals surface area contributed by atoms with Gasteiger partial charge in [-0.05, 0) is 29.3 Å². The second-order valence-electron chi connectivity index (χ2n) is 5.40. The fraction of sp³-hybridized carbons (Fsp3) is 0.333. The maximum Gasteiger partial charge on any atom is 0.161 e. The van der Waals surface area contributed by atoms with Crippen LogP contribution in [0.15, 0.2) is 36.4 Å². The highest BCUT2D eigenvalue weighted by molar-refractivity contribution is 5.46. The molecule has 0 spiro atoms. The summed E-state index contributed by atoms with van der Waals surface area (Å²) in [6.45, 7) is 0. The number of ether oxygens (including phenoxy) is 4. The summed E-state index contributed by atoms with van der Waals surface area (Å²) in [5, 5.41) is 10.5. The molecule has 0 saturated carbocycles. The molecular weight excluding hydrogens is 296 g/mol. The Balaban J connectivity index is 1.94. The van der Waals surface area contributed by atoms with E-state index in [1.54, 1.807) is 21.3 Å². The average molecular weight is 316 g/mol. The first-order valence-electron chi connectivity index (χ1n) is 7.40. The SMILES string of the molecule is COc1ccc2c(c1)O[C@H](c1ccc(OC)c(OC)c1)[C@H](O)C2. The van der Waals surface area contributed by atoms with E-state index >= 15 is 0 Å². The Morgan fingerprint density at radius 2 is 1.74 bits per heavy atom. The maximum absolute atomic E-state index is 10.5. The van der Waals surface area contributed by atoms with Gasteiger partial charge < -0.3 is 24.1 Å². The predicted octanol–water partition coefficient (Wildman–Crippen LogP) is 2.75. The van der Waals surface area contributed by atoms with Gasteiger partial charge in [-0.25, -0.2) is 0 Å². The summed E-state index contributed by atoms with van der Waals surface area (Å²) in [6.07, 6.45) is -0.568. The van der Waals surface area contributed by atoms with Crippen LogP contribution in [0.25, 0.3) is 0 Å². The Bertz CT molecular complexity index is 698. The molecule has 2 atom stereocenters. The molecule has 2 aromatic carbocycles. The van der Waals surface area contributed by atoms with Crippen molar-refractivity contribution in [1.29, 1.82) is 0 Å². The van der Waals surface area contributed by atoms with E-state index in [1.807, 2.05) is 36.4 Å². The summed E-state index contributed by atoms with van der Waals surface area (Å²) < 4.78 is 21.8. The summed E-state index contributed by atoms with van der Waals surface area (Å²) in [4.78, 5) is 0. The number of aliphatic hydroxyl groups excluding tert-OH is 1. The highest BCUT2D eigenvalue weighted by atomic mass is 16.5. The Morgan fingerprint density at radius 3 is 2.43 bits per heavy atom. The van der Waals surface area contributed by atoms with E-state index in [2.05, 4.69) is 0 Å². The van der Waals surface area contributed by atoms with Crippen LogP contribution in [0.5, 0.6) is 23.0 Å². The average Bonchev–Trinajstić information content (AvgIpc) is 2.60. The van der Waals surface area contributed by atoms with Crippen molar-refractivity contribution >= 4 is 0 Å². The van der Waals surface area contributed by atoms with Crippen LogP contribution < -0.4 is 18.9 Å². The summed E-state index contributed by atoms with van der Waals surface area (Å²) in [5.41, 5.74) is 1.80. The van der Waals surface area contributed by atoms with E-state index in [0.717, 1.165) is 22.6 Å². The van der Waals surface area contributed by atoms with E-state index in [-0.39, 0.29) is 0 Å². The van der Waals surface area contributed by atoms with Crippen molar-refractivity contribution in [2.24, 2.45) is 0 Å². The summed E-state index contributed by atoms with van der Waals surface area (Å²) in [7, 11) is 4.79. The van der Waals surface area contributed by atoms with E-state index in [0.29, 0.717) is 17.9 Å². The minimum atomic E-state index is -0.631. The fourth-order valence-corrected chi connectivity index (χ4v) is 2.81. The number of fused-ring (bicyclic) bond motifs is 1. The zero-order valence-electron chi connectivity index (χ0n) is 13.4. The summed E-state index contributed by atoms with van der Waals surface area (Å²) in [5.74, 6) is 2.71. The van der Waals surface area contributed by atoms with E-state index in [4.69, 9.17) is 18.9 Å². The second kappa shape index (κ2) is 6.38. The predicted molar refractivity (Wildman–Crippen MR) is 85.6 cm³/mol. The zero-order chi connectivity index (χ0) is 16.4. The van der Waals surface area contributed by atoms with Gasteiger partial charge in [-0.2, -0.15) is 0 Å². The highest BCUT2D eigenvalue weighted by Crippen LogP contribution is 2.39. The lowest BCUT2D eigenvalue weighted by Crippen LogP contribution is -2.30. The molecule has 0 unspecified atom stereocenters. The van der Waals surface area contributed by atoms with Crippen LogP contribution in [0.1, 0.15) is 17.2 Å². The minimum Gasteiger partial charge on any atom is -0.497 e. The fourth-order valence-electron chi connectivity index (χ4n) is 2.81. The van der Waals surface area contributed by atoms with Gasteiger partial charge in [-0.15, -0.1) is 0 Å². The quantitative estimate of drug-likeness (QED) is 0.940. The Hall–Kier alpha value is -2.40. The Morgan fingerprint density at radius 1 is 0.957 bits per heavy atom. The molecule has 0 aliphatic carbocycles. The molecule has 1 heterocycles. The van der Waals surface area contributed by atoms with Crippen molar-refractivity contribution in [2.45, 2.75) is 18.6 Å². The summed E-state index contributed by atoms with van der Waals surface area (Å²) in [6, 6.07) is 11.1. The largest absolute Gasteiger partial charge is 0.497 e. The van der Waals surface area contributed by atoms with Crippen molar-refractivity contribution < 1.29 is 24.1 Å². The molecule has 1 aliphatic heterocycles. The van der Waals surface area contributed by atoms with E-state index < -0.39 is 12.2 Å². The molecule has 2 aromatic rings. The van der Waals surface area contributed by atoms with Crippen molar-refractivity contribution in [3.63, 3.8) is 0 Å². The molecular formula is C18H20O5. The lowest BCUT2D eigenvalue weighted by molar-refractivity contribution is 0.0205. The van der Waals surface area contributed by atoms with Crippen LogP contribution in [0.4, 0.5) is 0 Å². The van der Waals surface area contributed by atoms with Crippen molar-refractivity contribution in [1.82, 2.24) is 0 Å². The van der Waals surface area contributed by atoms with Gasteiger partial charge in [0.25, 0.3) is 0 Å². The molecule has 0 saturated heterocycles. The Labute approximate surface area is 135 Å². The van der Waals surface area contributed by atoms with Gasteiger partial charge in [0, 0.05) is 12.5 Å². The van der Waals surface area contributed by atoms with Gasteiger partial charge in [0.2, 0.25) is 0 Å². The molecule has 0 radical (unpaired) electrons. The second-order valence-corrected chi connectivity index (χ2v) is 5.40. The van der Waals surface area contributed by atoms with Crippen LogP contribution in [0.2, 0.25) is 0 Å². The number of rotatable bonds is 4. The topological polar surface area (TPSA) is 57.2 Å². The van der Waals surface area contributed by atoms with Gasteiger partial charge in [-0.3, -0.25) is 0 Å². The lowest BCUT2D eigenvalue weighted by Gasteiger charge is -2.31. The molecule has 0 aromatic heterocycles. The Kier molecular flexibility index (Phi) is 4.30. The van der Waals surface area contributed by atoms with Gasteiger partial charge in [0.15, 0.2) is 11.5 Å². The number of hydrogen-bond donors (Lipinski definition) is 1. The molecule has 0 bridgehead atoms. The van der Waals surface area contributed by atoms with Crippen LogP contribution in [-0.2, 0) is 6.42 Å². The van der Waals surface area contributed by atoms with Gasteiger partial charge in [-0.1, -0.05) is 12.1 Å². The monoisotopic (exact) mass is 316 g/mol. The maximum atomic E-state index is 10.5. The van der Waals surface area contributed by atoms with Crippen molar-refractivity contribution in [3.8, 4) is 23.0 Å². The first kappa shape index (κ1) is 15.5. The highest BCUT2D eigenvalue weighted by Gasteiger charge is 2.30. The molecule has 5 nitrogen and oxygen atoms in total. The smallest absolute Gasteiger partial charge is 0.161 e. The molecule has 122 valence electrons. The third kappa shape index (κ3) is 2.92.